The zero-order chi connectivity index (χ0) is 9.52. The Balaban J connectivity index is 2.58. The summed E-state index contributed by atoms with van der Waals surface area (Å²) in [5.41, 5.74) is 9.29. The molecular weight excluding hydrogens is 166 g/mol. The number of hydrogen-bond acceptors (Lipinski definition) is 3. The van der Waals surface area contributed by atoms with Gasteiger partial charge in [-0.2, -0.15) is 5.53 Å². The minimum absolute atomic E-state index is 0.404. The molecule has 1 aromatic carbocycles. The van der Waals surface area contributed by atoms with E-state index in [-0.39, 0.29) is 0 Å². The summed E-state index contributed by atoms with van der Waals surface area (Å²) >= 11 is 0. The molecule has 66 valence electrons. The fourth-order valence-corrected chi connectivity index (χ4v) is 0.828. The highest BCUT2D eigenvalue weighted by molar-refractivity contribution is 5.91. The zero-order valence-corrected chi connectivity index (χ0v) is 6.90. The third kappa shape index (κ3) is 3.29. The fraction of sp³-hybridized carbons (Fsp3) is 0. The molecule has 0 bridgehead atoms. The molecular formula is C9H9N3O. The summed E-state index contributed by atoms with van der Waals surface area (Å²) in [4.78, 5) is 10.8. The second-order valence-electron chi connectivity index (χ2n) is 2.33. The van der Waals surface area contributed by atoms with Crippen LogP contribution >= 0.6 is 0 Å². The van der Waals surface area contributed by atoms with Gasteiger partial charge in [0.2, 0.25) is 0 Å². The van der Waals surface area contributed by atoms with Crippen LogP contribution in [-0.4, -0.2) is 5.91 Å². The molecule has 13 heavy (non-hydrogen) atoms. The van der Waals surface area contributed by atoms with E-state index in [1.165, 1.54) is 6.08 Å². The highest BCUT2D eigenvalue weighted by atomic mass is 16.2. The Morgan fingerprint density at radius 1 is 1.38 bits per heavy atom. The first-order chi connectivity index (χ1) is 6.33. The van der Waals surface area contributed by atoms with Crippen molar-refractivity contribution >= 4 is 12.0 Å². The number of nitrogens with zero attached hydrogens (tertiary/aromatic N) is 1. The van der Waals surface area contributed by atoms with E-state index in [1.54, 1.807) is 6.08 Å². The molecule has 0 aromatic heterocycles. The molecule has 1 aromatic rings. The predicted octanol–water partition coefficient (Wildman–Crippen LogP) is 1.76. The van der Waals surface area contributed by atoms with E-state index in [0.29, 0.717) is 0 Å². The first-order valence-electron chi connectivity index (χ1n) is 3.72. The van der Waals surface area contributed by atoms with Gasteiger partial charge in [0.25, 0.3) is 5.91 Å². The van der Waals surface area contributed by atoms with Gasteiger partial charge >= 0.3 is 0 Å². The number of nitrogens with one attached hydrogen (secondary N) is 2. The van der Waals surface area contributed by atoms with Crippen LogP contribution in [-0.2, 0) is 4.79 Å². The van der Waals surface area contributed by atoms with Gasteiger partial charge in [-0.05, 0) is 11.6 Å². The summed E-state index contributed by atoms with van der Waals surface area (Å²) in [7, 11) is 0. The standard InChI is InChI=1S/C9H9N3O/c10-12-11-9(13)7-6-8-4-2-1-3-5-8/h1-7H,(H2,10,11,13)/b7-6+. The smallest absolute Gasteiger partial charge is 0.265 e. The molecule has 0 unspecified atom stereocenters. The van der Waals surface area contributed by atoms with E-state index in [9.17, 15) is 4.79 Å². The van der Waals surface area contributed by atoms with Crippen LogP contribution in [0.15, 0.2) is 41.6 Å². The first kappa shape index (κ1) is 9.12. The van der Waals surface area contributed by atoms with E-state index >= 15 is 0 Å². The number of benzene rings is 1. The lowest BCUT2D eigenvalue weighted by Crippen LogP contribution is -2.12. The van der Waals surface area contributed by atoms with E-state index < -0.39 is 5.91 Å². The van der Waals surface area contributed by atoms with Crippen LogP contribution < -0.4 is 5.43 Å². The highest BCUT2D eigenvalue weighted by Gasteiger charge is 1.90. The van der Waals surface area contributed by atoms with Gasteiger partial charge in [-0.25, -0.2) is 5.43 Å². The number of carbonyl (C=O) groups excluding carboxylic acids is 1. The van der Waals surface area contributed by atoms with Crippen molar-refractivity contribution in [1.29, 1.82) is 5.53 Å². The Morgan fingerprint density at radius 2 is 2.08 bits per heavy atom. The molecule has 0 aliphatic heterocycles. The largest absolute Gasteiger partial charge is 0.268 e. The summed E-state index contributed by atoms with van der Waals surface area (Å²) in [6, 6.07) is 9.42. The summed E-state index contributed by atoms with van der Waals surface area (Å²) in [5.74, 6) is -0.404. The zero-order valence-electron chi connectivity index (χ0n) is 6.90. The van der Waals surface area contributed by atoms with Crippen molar-refractivity contribution in [2.75, 3.05) is 0 Å². The van der Waals surface area contributed by atoms with E-state index in [4.69, 9.17) is 5.53 Å². The van der Waals surface area contributed by atoms with Gasteiger partial charge in [-0.1, -0.05) is 35.6 Å². The summed E-state index contributed by atoms with van der Waals surface area (Å²) in [5, 5.41) is 2.75. The van der Waals surface area contributed by atoms with Gasteiger partial charge in [0.1, 0.15) is 0 Å². The molecule has 0 aliphatic carbocycles. The van der Waals surface area contributed by atoms with E-state index in [0.717, 1.165) is 5.56 Å². The van der Waals surface area contributed by atoms with Crippen LogP contribution in [0.2, 0.25) is 0 Å². The Bertz CT molecular complexity index is 319. The molecule has 0 heterocycles. The maximum absolute atomic E-state index is 10.8. The predicted molar refractivity (Wildman–Crippen MR) is 48.8 cm³/mol. The first-order valence-corrected chi connectivity index (χ1v) is 3.72. The number of hydrogen-bond donors (Lipinski definition) is 2. The molecule has 0 spiro atoms. The highest BCUT2D eigenvalue weighted by Crippen LogP contribution is 2.00. The SMILES string of the molecule is N=NNC(=O)/C=C/c1ccccc1. The van der Waals surface area contributed by atoms with Crippen LogP contribution in [0.25, 0.3) is 6.08 Å². The van der Waals surface area contributed by atoms with Gasteiger partial charge in [-0.3, -0.25) is 4.79 Å². The van der Waals surface area contributed by atoms with Crippen molar-refractivity contribution in [3.8, 4) is 0 Å². The summed E-state index contributed by atoms with van der Waals surface area (Å²) in [6.45, 7) is 0. The maximum Gasteiger partial charge on any atom is 0.265 e. The summed E-state index contributed by atoms with van der Waals surface area (Å²) in [6.07, 6.45) is 2.98. The van der Waals surface area contributed by atoms with Crippen LogP contribution in [0.4, 0.5) is 0 Å². The molecule has 2 N–H and O–H groups in total. The third-order valence-corrected chi connectivity index (χ3v) is 1.39. The average Bonchev–Trinajstić information content (AvgIpc) is 2.17. The third-order valence-electron chi connectivity index (χ3n) is 1.39. The quantitative estimate of drug-likeness (QED) is 0.410. The minimum atomic E-state index is -0.404. The number of rotatable bonds is 3. The fourth-order valence-electron chi connectivity index (χ4n) is 0.828. The van der Waals surface area contributed by atoms with Crippen molar-refractivity contribution in [2.45, 2.75) is 0 Å². The molecule has 0 aliphatic rings. The van der Waals surface area contributed by atoms with Crippen LogP contribution in [0.5, 0.6) is 0 Å². The van der Waals surface area contributed by atoms with Crippen LogP contribution in [0, 0.1) is 5.53 Å². The van der Waals surface area contributed by atoms with Gasteiger partial charge in [0, 0.05) is 6.08 Å². The van der Waals surface area contributed by atoms with Gasteiger partial charge in [0.05, 0.1) is 0 Å². The van der Waals surface area contributed by atoms with Crippen molar-refractivity contribution < 1.29 is 4.79 Å². The molecule has 0 saturated carbocycles. The Kier molecular flexibility index (Phi) is 3.38. The lowest BCUT2D eigenvalue weighted by Gasteiger charge is -1.90. The monoisotopic (exact) mass is 175 g/mol. The molecule has 0 saturated heterocycles. The molecule has 1 amide bonds. The Labute approximate surface area is 75.8 Å². The average molecular weight is 175 g/mol. The molecule has 0 radical (unpaired) electrons. The lowest BCUT2D eigenvalue weighted by atomic mass is 10.2. The van der Waals surface area contributed by atoms with Crippen molar-refractivity contribution in [3.05, 3.63) is 42.0 Å². The molecule has 1 rings (SSSR count). The normalized spacial score (nSPS) is 9.85. The van der Waals surface area contributed by atoms with Gasteiger partial charge in [-0.15, -0.1) is 0 Å². The minimum Gasteiger partial charge on any atom is -0.268 e. The van der Waals surface area contributed by atoms with Gasteiger partial charge in [0.15, 0.2) is 0 Å². The molecule has 4 nitrogen and oxygen atoms in total. The molecule has 0 fully saturated rings. The van der Waals surface area contributed by atoms with E-state index in [2.05, 4.69) is 5.22 Å². The van der Waals surface area contributed by atoms with E-state index in [1.807, 2.05) is 35.8 Å². The Morgan fingerprint density at radius 3 is 2.69 bits per heavy atom. The Hall–Kier alpha value is -1.97. The van der Waals surface area contributed by atoms with Gasteiger partial charge < -0.3 is 0 Å². The summed E-state index contributed by atoms with van der Waals surface area (Å²) < 4.78 is 0. The van der Waals surface area contributed by atoms with Crippen LogP contribution in [0.1, 0.15) is 5.56 Å². The maximum atomic E-state index is 10.8. The van der Waals surface area contributed by atoms with Crippen molar-refractivity contribution in [1.82, 2.24) is 5.43 Å². The number of amides is 1. The second-order valence-corrected chi connectivity index (χ2v) is 2.33. The number of carbonyl (C=O) groups is 1. The van der Waals surface area contributed by atoms with Crippen molar-refractivity contribution in [2.24, 2.45) is 5.22 Å². The second kappa shape index (κ2) is 4.82. The molecule has 0 atom stereocenters. The van der Waals surface area contributed by atoms with Crippen LogP contribution in [0.3, 0.4) is 0 Å². The topological polar surface area (TPSA) is 65.3 Å². The van der Waals surface area contributed by atoms with Crippen molar-refractivity contribution in [3.63, 3.8) is 0 Å². The lowest BCUT2D eigenvalue weighted by molar-refractivity contribution is -0.116. The molecule has 4 heteroatoms.